The third-order valence-corrected chi connectivity index (χ3v) is 6.04. The summed E-state index contributed by atoms with van der Waals surface area (Å²) in [5.41, 5.74) is 5.43. The first kappa shape index (κ1) is 19.5. The Balaban J connectivity index is 1.54. The number of hydrogen-bond donors (Lipinski definition) is 0. The van der Waals surface area contributed by atoms with Crippen molar-refractivity contribution in [2.75, 3.05) is 12.0 Å². The van der Waals surface area contributed by atoms with Crippen molar-refractivity contribution in [1.29, 1.82) is 0 Å². The minimum atomic E-state index is -0.112. The molecule has 5 heteroatoms. The standard InChI is InChI=1S/C26H21ClN2O2/c1-31-25-11-5-3-9-21(25)18-12-13-22(23(27)15-18)26(30)29-17-20-8-6-14-28(20)16-19-7-2-4-10-24(19)29/h2-15H,16-17H2,1H3. The van der Waals surface area contributed by atoms with Crippen molar-refractivity contribution < 1.29 is 9.53 Å². The van der Waals surface area contributed by atoms with Gasteiger partial charge in [0, 0.05) is 29.7 Å². The van der Waals surface area contributed by atoms with E-state index in [1.807, 2.05) is 65.6 Å². The van der Waals surface area contributed by atoms with Crippen molar-refractivity contribution in [2.24, 2.45) is 0 Å². The summed E-state index contributed by atoms with van der Waals surface area (Å²) in [6.07, 6.45) is 2.05. The van der Waals surface area contributed by atoms with Gasteiger partial charge in [-0.05, 0) is 47.5 Å². The van der Waals surface area contributed by atoms with Gasteiger partial charge in [-0.2, -0.15) is 0 Å². The summed E-state index contributed by atoms with van der Waals surface area (Å²) in [5, 5.41) is 0.422. The van der Waals surface area contributed by atoms with E-state index in [1.165, 1.54) is 0 Å². The molecule has 0 aliphatic carbocycles. The topological polar surface area (TPSA) is 34.5 Å². The van der Waals surface area contributed by atoms with Crippen LogP contribution in [-0.4, -0.2) is 17.6 Å². The molecule has 0 atom stereocenters. The first-order chi connectivity index (χ1) is 15.2. The Morgan fingerprint density at radius 3 is 2.58 bits per heavy atom. The Labute approximate surface area is 186 Å². The number of fused-ring (bicyclic) bond motifs is 2. The second-order valence-corrected chi connectivity index (χ2v) is 7.95. The van der Waals surface area contributed by atoms with Gasteiger partial charge in [0.25, 0.3) is 5.91 Å². The van der Waals surface area contributed by atoms with Crippen LogP contribution >= 0.6 is 11.6 Å². The molecular weight excluding hydrogens is 408 g/mol. The molecule has 1 aliphatic heterocycles. The van der Waals surface area contributed by atoms with Crippen molar-refractivity contribution in [3.63, 3.8) is 0 Å². The number of hydrogen-bond acceptors (Lipinski definition) is 2. The van der Waals surface area contributed by atoms with Crippen LogP contribution in [0.3, 0.4) is 0 Å². The molecule has 0 N–H and O–H groups in total. The first-order valence-corrected chi connectivity index (χ1v) is 10.5. The molecule has 3 aromatic carbocycles. The molecule has 1 aromatic heterocycles. The third-order valence-electron chi connectivity index (χ3n) is 5.73. The second kappa shape index (κ2) is 7.97. The summed E-state index contributed by atoms with van der Waals surface area (Å²) >= 11 is 6.64. The van der Waals surface area contributed by atoms with E-state index in [9.17, 15) is 4.79 Å². The predicted octanol–water partition coefficient (Wildman–Crippen LogP) is 6.03. The van der Waals surface area contributed by atoms with E-state index < -0.39 is 0 Å². The molecule has 0 bridgehead atoms. The van der Waals surface area contributed by atoms with Gasteiger partial charge in [-0.1, -0.05) is 54.1 Å². The average Bonchev–Trinajstić information content (AvgIpc) is 3.17. The largest absolute Gasteiger partial charge is 0.496 e. The van der Waals surface area contributed by atoms with Gasteiger partial charge in [-0.15, -0.1) is 0 Å². The van der Waals surface area contributed by atoms with E-state index in [2.05, 4.69) is 22.9 Å². The van der Waals surface area contributed by atoms with Crippen molar-refractivity contribution >= 4 is 23.2 Å². The molecule has 0 saturated heterocycles. The zero-order valence-electron chi connectivity index (χ0n) is 17.1. The summed E-state index contributed by atoms with van der Waals surface area (Å²) in [5.74, 6) is 0.651. The Morgan fingerprint density at radius 2 is 1.74 bits per heavy atom. The second-order valence-electron chi connectivity index (χ2n) is 7.54. The minimum Gasteiger partial charge on any atom is -0.496 e. The Bertz CT molecular complexity index is 1280. The number of benzene rings is 3. The highest BCUT2D eigenvalue weighted by atomic mass is 35.5. The molecule has 5 rings (SSSR count). The Kier molecular flexibility index (Phi) is 5.00. The monoisotopic (exact) mass is 428 g/mol. The van der Waals surface area contributed by atoms with E-state index in [-0.39, 0.29) is 5.91 Å². The number of ether oxygens (including phenoxy) is 1. The highest BCUT2D eigenvalue weighted by molar-refractivity contribution is 6.35. The number of amides is 1. The number of aromatic nitrogens is 1. The highest BCUT2D eigenvalue weighted by Gasteiger charge is 2.26. The van der Waals surface area contributed by atoms with Crippen LogP contribution in [0.4, 0.5) is 5.69 Å². The maximum atomic E-state index is 13.6. The van der Waals surface area contributed by atoms with Gasteiger partial charge in [-0.25, -0.2) is 0 Å². The van der Waals surface area contributed by atoms with Crippen molar-refractivity contribution in [3.05, 3.63) is 107 Å². The molecule has 1 amide bonds. The van der Waals surface area contributed by atoms with Crippen LogP contribution in [0, 0.1) is 0 Å². The fraction of sp³-hybridized carbons (Fsp3) is 0.115. The summed E-state index contributed by atoms with van der Waals surface area (Å²) in [6, 6.07) is 25.4. The lowest BCUT2D eigenvalue weighted by molar-refractivity contribution is 0.0985. The van der Waals surface area contributed by atoms with Gasteiger partial charge in [0.15, 0.2) is 0 Å². The maximum absolute atomic E-state index is 13.6. The number of carbonyl (C=O) groups is 1. The molecule has 0 fully saturated rings. The lowest BCUT2D eigenvalue weighted by Gasteiger charge is -2.23. The Morgan fingerprint density at radius 1 is 0.935 bits per heavy atom. The van der Waals surface area contributed by atoms with E-state index in [0.717, 1.165) is 40.4 Å². The number of methoxy groups -OCH3 is 1. The van der Waals surface area contributed by atoms with Crippen LogP contribution in [0.5, 0.6) is 5.75 Å². The number of nitrogens with zero attached hydrogens (tertiary/aromatic N) is 2. The first-order valence-electron chi connectivity index (χ1n) is 10.1. The van der Waals surface area contributed by atoms with Gasteiger partial charge in [0.2, 0.25) is 0 Å². The molecule has 2 heterocycles. The van der Waals surface area contributed by atoms with Crippen molar-refractivity contribution in [2.45, 2.75) is 13.1 Å². The van der Waals surface area contributed by atoms with Gasteiger partial charge in [0.1, 0.15) is 5.75 Å². The fourth-order valence-corrected chi connectivity index (χ4v) is 4.41. The van der Waals surface area contributed by atoms with Crippen LogP contribution in [0.15, 0.2) is 85.1 Å². The van der Waals surface area contributed by atoms with E-state index in [0.29, 0.717) is 17.1 Å². The maximum Gasteiger partial charge on any atom is 0.260 e. The lowest BCUT2D eigenvalue weighted by atomic mass is 10.0. The zero-order valence-corrected chi connectivity index (χ0v) is 17.8. The van der Waals surface area contributed by atoms with Gasteiger partial charge in [0.05, 0.1) is 24.2 Å². The normalized spacial score (nSPS) is 12.6. The lowest BCUT2D eigenvalue weighted by Crippen LogP contribution is -2.30. The minimum absolute atomic E-state index is 0.112. The molecule has 0 radical (unpaired) electrons. The van der Waals surface area contributed by atoms with Crippen LogP contribution < -0.4 is 9.64 Å². The molecular formula is C26H21ClN2O2. The SMILES string of the molecule is COc1ccccc1-c1ccc(C(=O)N2Cc3cccn3Cc3ccccc32)c(Cl)c1. The van der Waals surface area contributed by atoms with E-state index >= 15 is 0 Å². The van der Waals surface area contributed by atoms with Gasteiger partial charge in [-0.3, -0.25) is 4.79 Å². The number of para-hydroxylation sites is 2. The zero-order chi connectivity index (χ0) is 21.4. The number of carbonyl (C=O) groups excluding carboxylic acids is 1. The smallest absolute Gasteiger partial charge is 0.260 e. The average molecular weight is 429 g/mol. The number of rotatable bonds is 3. The summed E-state index contributed by atoms with van der Waals surface area (Å²) in [7, 11) is 1.64. The molecule has 4 nitrogen and oxygen atoms in total. The highest BCUT2D eigenvalue weighted by Crippen LogP contribution is 2.34. The predicted molar refractivity (Wildman–Crippen MR) is 124 cm³/mol. The molecule has 0 saturated carbocycles. The number of halogens is 1. The van der Waals surface area contributed by atoms with Crippen molar-refractivity contribution in [3.8, 4) is 16.9 Å². The summed E-state index contributed by atoms with van der Waals surface area (Å²) in [6.45, 7) is 1.23. The van der Waals surface area contributed by atoms with Crippen molar-refractivity contribution in [1.82, 2.24) is 4.57 Å². The van der Waals surface area contributed by atoms with Crippen LogP contribution in [0.25, 0.3) is 11.1 Å². The number of anilines is 1. The molecule has 0 unspecified atom stereocenters. The van der Waals surface area contributed by atoms with Crippen LogP contribution in [0.2, 0.25) is 5.02 Å². The fourth-order valence-electron chi connectivity index (χ4n) is 4.15. The van der Waals surface area contributed by atoms with Crippen LogP contribution in [0.1, 0.15) is 21.6 Å². The van der Waals surface area contributed by atoms with E-state index in [4.69, 9.17) is 16.3 Å². The van der Waals surface area contributed by atoms with Gasteiger partial charge < -0.3 is 14.2 Å². The Hall–Kier alpha value is -3.50. The van der Waals surface area contributed by atoms with E-state index in [1.54, 1.807) is 13.2 Å². The quantitative estimate of drug-likeness (QED) is 0.399. The third kappa shape index (κ3) is 3.49. The molecule has 31 heavy (non-hydrogen) atoms. The summed E-state index contributed by atoms with van der Waals surface area (Å²) < 4.78 is 7.65. The molecule has 1 aliphatic rings. The molecule has 0 spiro atoms. The van der Waals surface area contributed by atoms with Gasteiger partial charge >= 0.3 is 0 Å². The van der Waals surface area contributed by atoms with Crippen LogP contribution in [-0.2, 0) is 13.1 Å². The summed E-state index contributed by atoms with van der Waals surface area (Å²) in [4.78, 5) is 15.5. The molecule has 154 valence electrons. The molecule has 4 aromatic rings.